The molecule has 3 aliphatic rings. The summed E-state index contributed by atoms with van der Waals surface area (Å²) in [5.74, 6) is 1.25. The van der Waals surface area contributed by atoms with E-state index < -0.39 is 10.0 Å². The van der Waals surface area contributed by atoms with Crippen molar-refractivity contribution < 1.29 is 13.2 Å². The summed E-state index contributed by atoms with van der Waals surface area (Å²) in [6.07, 6.45) is 1.46. The highest BCUT2D eigenvalue weighted by molar-refractivity contribution is 7.89. The maximum atomic E-state index is 13.2. The second kappa shape index (κ2) is 7.67. The molecule has 1 amide bonds. The zero-order valence-electron chi connectivity index (χ0n) is 17.8. The van der Waals surface area contributed by atoms with Crippen molar-refractivity contribution in [1.82, 2.24) is 14.1 Å². The molecule has 4 rings (SSSR count). The molecule has 0 N–H and O–H groups in total. The molecule has 0 aliphatic carbocycles. The molecule has 1 aromatic rings. The zero-order valence-corrected chi connectivity index (χ0v) is 18.6. The molecule has 29 heavy (non-hydrogen) atoms. The van der Waals surface area contributed by atoms with Gasteiger partial charge in [0.25, 0.3) is 0 Å². The molecule has 1 spiro atoms. The first kappa shape index (κ1) is 20.8. The summed E-state index contributed by atoms with van der Waals surface area (Å²) in [4.78, 5) is 18.1. The number of carbonyl (C=O) groups is 1. The number of fused-ring (bicyclic) bond motifs is 2. The van der Waals surface area contributed by atoms with Crippen LogP contribution in [-0.4, -0.2) is 73.2 Å². The number of nitrogens with zero attached hydrogens (tertiary/aromatic N) is 3. The molecule has 3 heterocycles. The van der Waals surface area contributed by atoms with Crippen LogP contribution in [0.1, 0.15) is 33.6 Å². The first-order chi connectivity index (χ1) is 13.8. The van der Waals surface area contributed by atoms with E-state index in [4.69, 9.17) is 0 Å². The quantitative estimate of drug-likeness (QED) is 0.735. The fraction of sp³-hybridized carbons (Fsp3) is 0.682. The van der Waals surface area contributed by atoms with E-state index in [1.807, 2.05) is 6.07 Å². The first-order valence-electron chi connectivity index (χ1n) is 10.9. The van der Waals surface area contributed by atoms with Crippen molar-refractivity contribution in [3.8, 4) is 0 Å². The van der Waals surface area contributed by atoms with Crippen LogP contribution >= 0.6 is 0 Å². The molecular weight excluding hydrogens is 386 g/mol. The lowest BCUT2D eigenvalue weighted by atomic mass is 9.75. The second-order valence-electron chi connectivity index (χ2n) is 9.23. The van der Waals surface area contributed by atoms with Crippen molar-refractivity contribution in [2.45, 2.75) is 44.0 Å². The van der Waals surface area contributed by atoms with E-state index in [-0.39, 0.29) is 17.4 Å². The van der Waals surface area contributed by atoms with Crippen LogP contribution in [0.15, 0.2) is 35.2 Å². The van der Waals surface area contributed by atoms with Crippen molar-refractivity contribution in [1.29, 1.82) is 0 Å². The van der Waals surface area contributed by atoms with Crippen LogP contribution < -0.4 is 0 Å². The van der Waals surface area contributed by atoms with E-state index in [0.717, 1.165) is 32.5 Å². The van der Waals surface area contributed by atoms with Gasteiger partial charge in [0.15, 0.2) is 0 Å². The summed E-state index contributed by atoms with van der Waals surface area (Å²) in [5.41, 5.74) is -0.190. The third-order valence-corrected chi connectivity index (χ3v) is 9.03. The number of hydrogen-bond acceptors (Lipinski definition) is 4. The smallest absolute Gasteiger partial charge is 0.243 e. The fourth-order valence-corrected chi connectivity index (χ4v) is 7.39. The van der Waals surface area contributed by atoms with Crippen LogP contribution in [-0.2, 0) is 14.8 Å². The van der Waals surface area contributed by atoms with E-state index in [1.54, 1.807) is 28.6 Å². The van der Waals surface area contributed by atoms with Crippen LogP contribution in [0.4, 0.5) is 0 Å². The van der Waals surface area contributed by atoms with Crippen molar-refractivity contribution in [2.75, 3.05) is 39.3 Å². The SMILES string of the molecule is CCN1C(=O)[C@H]2CN(CC(C)C)C[C@H]2C12CCN(S(=O)(=O)c1ccccc1)CC2. The normalized spacial score (nSPS) is 27.9. The predicted octanol–water partition coefficient (Wildman–Crippen LogP) is 2.28. The summed E-state index contributed by atoms with van der Waals surface area (Å²) in [6.45, 7) is 11.0. The van der Waals surface area contributed by atoms with Crippen molar-refractivity contribution in [2.24, 2.45) is 17.8 Å². The molecule has 3 aliphatic heterocycles. The Hall–Kier alpha value is -1.44. The molecule has 7 heteroatoms. The highest BCUT2D eigenvalue weighted by Gasteiger charge is 2.61. The van der Waals surface area contributed by atoms with Crippen molar-refractivity contribution in [3.63, 3.8) is 0 Å². The van der Waals surface area contributed by atoms with Gasteiger partial charge in [-0.25, -0.2) is 8.42 Å². The number of piperidine rings is 1. The molecule has 3 saturated heterocycles. The minimum Gasteiger partial charge on any atom is -0.337 e. The molecule has 3 fully saturated rings. The summed E-state index contributed by atoms with van der Waals surface area (Å²) in [6, 6.07) is 8.68. The standard InChI is InChI=1S/C22H33N3O3S/c1-4-25-21(26)19-15-23(14-17(2)3)16-20(19)22(25)10-12-24(13-11-22)29(27,28)18-8-6-5-7-9-18/h5-9,17,19-20H,4,10-16H2,1-3H3/t19-,20+/m0/s1. The largest absolute Gasteiger partial charge is 0.337 e. The first-order valence-corrected chi connectivity index (χ1v) is 12.3. The summed E-state index contributed by atoms with van der Waals surface area (Å²) < 4.78 is 27.7. The number of sulfonamides is 1. The maximum Gasteiger partial charge on any atom is 0.243 e. The number of benzene rings is 1. The van der Waals surface area contributed by atoms with Gasteiger partial charge in [-0.3, -0.25) is 4.79 Å². The monoisotopic (exact) mass is 419 g/mol. The van der Waals surface area contributed by atoms with Gasteiger partial charge in [-0.1, -0.05) is 32.0 Å². The van der Waals surface area contributed by atoms with E-state index in [9.17, 15) is 13.2 Å². The lowest BCUT2D eigenvalue weighted by Crippen LogP contribution is -2.57. The molecule has 160 valence electrons. The fourth-order valence-electron chi connectivity index (χ4n) is 5.93. The highest BCUT2D eigenvalue weighted by Crippen LogP contribution is 2.50. The van der Waals surface area contributed by atoms with E-state index >= 15 is 0 Å². The average Bonchev–Trinajstić information content (AvgIpc) is 3.20. The lowest BCUT2D eigenvalue weighted by molar-refractivity contribution is -0.135. The van der Waals surface area contributed by atoms with Gasteiger partial charge in [0, 0.05) is 45.2 Å². The number of carbonyl (C=O) groups excluding carboxylic acids is 1. The third kappa shape index (κ3) is 3.41. The second-order valence-corrected chi connectivity index (χ2v) is 11.2. The Kier molecular flexibility index (Phi) is 5.51. The molecule has 0 unspecified atom stereocenters. The molecule has 6 nitrogen and oxygen atoms in total. The van der Waals surface area contributed by atoms with Crippen molar-refractivity contribution in [3.05, 3.63) is 30.3 Å². The van der Waals surface area contributed by atoms with Crippen LogP contribution in [0, 0.1) is 17.8 Å². The van der Waals surface area contributed by atoms with E-state index in [2.05, 4.69) is 30.6 Å². The maximum absolute atomic E-state index is 13.2. The third-order valence-electron chi connectivity index (χ3n) is 7.12. The van der Waals surface area contributed by atoms with Crippen LogP contribution in [0.5, 0.6) is 0 Å². The van der Waals surface area contributed by atoms with Gasteiger partial charge in [0.2, 0.25) is 15.9 Å². The Bertz CT molecular complexity index is 847. The Labute approximate surface area is 174 Å². The number of amides is 1. The minimum absolute atomic E-state index is 0.0750. The molecule has 2 atom stereocenters. The molecular formula is C22H33N3O3S. The summed E-state index contributed by atoms with van der Waals surface area (Å²) in [5, 5.41) is 0. The Balaban J connectivity index is 1.55. The van der Waals surface area contributed by atoms with Crippen LogP contribution in [0.3, 0.4) is 0 Å². The van der Waals surface area contributed by atoms with Gasteiger partial charge in [-0.2, -0.15) is 4.31 Å². The molecule has 0 bridgehead atoms. The number of hydrogen-bond donors (Lipinski definition) is 0. The summed E-state index contributed by atoms with van der Waals surface area (Å²) >= 11 is 0. The molecule has 1 aromatic carbocycles. The van der Waals surface area contributed by atoms with Gasteiger partial charge in [-0.05, 0) is 37.8 Å². The minimum atomic E-state index is -3.48. The van der Waals surface area contributed by atoms with Gasteiger partial charge >= 0.3 is 0 Å². The summed E-state index contributed by atoms with van der Waals surface area (Å²) in [7, 11) is -3.48. The van der Waals surface area contributed by atoms with Crippen LogP contribution in [0.2, 0.25) is 0 Å². The molecule has 0 radical (unpaired) electrons. The van der Waals surface area contributed by atoms with E-state index in [0.29, 0.717) is 36.4 Å². The number of likely N-dealkylation sites (tertiary alicyclic amines) is 2. The van der Waals surface area contributed by atoms with Gasteiger partial charge < -0.3 is 9.80 Å². The Morgan fingerprint density at radius 2 is 1.76 bits per heavy atom. The topological polar surface area (TPSA) is 60.9 Å². The Morgan fingerprint density at radius 3 is 2.34 bits per heavy atom. The van der Waals surface area contributed by atoms with Gasteiger partial charge in [-0.15, -0.1) is 0 Å². The lowest BCUT2D eigenvalue weighted by Gasteiger charge is -2.47. The predicted molar refractivity (Wildman–Crippen MR) is 113 cm³/mol. The van der Waals surface area contributed by atoms with Crippen molar-refractivity contribution >= 4 is 15.9 Å². The molecule has 0 aromatic heterocycles. The highest BCUT2D eigenvalue weighted by atomic mass is 32.2. The zero-order chi connectivity index (χ0) is 20.8. The number of rotatable bonds is 5. The Morgan fingerprint density at radius 1 is 1.10 bits per heavy atom. The van der Waals surface area contributed by atoms with Gasteiger partial charge in [0.1, 0.15) is 0 Å². The average molecular weight is 420 g/mol. The van der Waals surface area contributed by atoms with Gasteiger partial charge in [0.05, 0.1) is 16.4 Å². The molecule has 0 saturated carbocycles. The van der Waals surface area contributed by atoms with Crippen LogP contribution in [0.25, 0.3) is 0 Å². The van der Waals surface area contributed by atoms with E-state index in [1.165, 1.54) is 0 Å².